The fourth-order valence-corrected chi connectivity index (χ4v) is 1.78. The van der Waals surface area contributed by atoms with Crippen LogP contribution in [0.3, 0.4) is 0 Å². The van der Waals surface area contributed by atoms with Gasteiger partial charge in [0.25, 0.3) is 0 Å². The maximum atomic E-state index is 9.12. The van der Waals surface area contributed by atoms with Gasteiger partial charge in [-0.05, 0) is 10.3 Å². The largest absolute Gasteiger partial charge is 0.384 e. The molecular formula is C10H7N7O. The van der Waals surface area contributed by atoms with Crippen molar-refractivity contribution in [2.75, 3.05) is 5.73 Å². The summed E-state index contributed by atoms with van der Waals surface area (Å²) in [6.07, 6.45) is 1.66. The van der Waals surface area contributed by atoms with Crippen LogP contribution in [-0.2, 0) is 6.54 Å². The number of nitrogens with two attached hydrogens (primary N) is 1. The third-order valence-electron chi connectivity index (χ3n) is 2.56. The summed E-state index contributed by atoms with van der Waals surface area (Å²) >= 11 is 0. The number of nitriles is 1. The summed E-state index contributed by atoms with van der Waals surface area (Å²) in [5.41, 5.74) is 7.53. The fourth-order valence-electron chi connectivity index (χ4n) is 1.78. The Morgan fingerprint density at radius 3 is 2.78 bits per heavy atom. The molecule has 0 saturated heterocycles. The van der Waals surface area contributed by atoms with Crippen LogP contribution in [0.25, 0.3) is 22.5 Å². The first-order chi connectivity index (χ1) is 8.76. The molecule has 0 aliphatic rings. The minimum atomic E-state index is 0.245. The molecule has 0 spiro atoms. The van der Waals surface area contributed by atoms with E-state index in [0.717, 1.165) is 0 Å². The van der Waals surface area contributed by atoms with Crippen LogP contribution in [0.5, 0.6) is 0 Å². The summed E-state index contributed by atoms with van der Waals surface area (Å²) in [4.78, 5) is 8.42. The quantitative estimate of drug-likeness (QED) is 0.652. The summed E-state index contributed by atoms with van der Waals surface area (Å²) in [5.74, 6) is 0.303. The third-order valence-corrected chi connectivity index (χ3v) is 2.56. The molecule has 2 N–H and O–H groups in total. The van der Waals surface area contributed by atoms with E-state index in [-0.39, 0.29) is 16.9 Å². The van der Waals surface area contributed by atoms with Crippen molar-refractivity contribution in [3.63, 3.8) is 0 Å². The van der Waals surface area contributed by atoms with Crippen LogP contribution in [-0.4, -0.2) is 24.8 Å². The van der Waals surface area contributed by atoms with E-state index in [0.29, 0.717) is 23.5 Å². The lowest BCUT2D eigenvalue weighted by atomic mass is 10.3. The van der Waals surface area contributed by atoms with E-state index in [1.807, 2.05) is 6.07 Å². The Morgan fingerprint density at radius 1 is 1.39 bits per heavy atom. The van der Waals surface area contributed by atoms with E-state index >= 15 is 0 Å². The van der Waals surface area contributed by atoms with Gasteiger partial charge in [0.05, 0.1) is 0 Å². The lowest BCUT2D eigenvalue weighted by Crippen LogP contribution is -2.02. The number of aromatic nitrogens is 5. The molecule has 0 aromatic carbocycles. The molecule has 3 heterocycles. The summed E-state index contributed by atoms with van der Waals surface area (Å²) in [7, 11) is 0. The molecule has 0 saturated carbocycles. The first-order valence-electron chi connectivity index (χ1n) is 5.05. The van der Waals surface area contributed by atoms with Gasteiger partial charge in [0.2, 0.25) is 11.3 Å². The molecular weight excluding hydrogens is 234 g/mol. The fraction of sp³-hybridized carbons (Fsp3) is 0.100. The average molecular weight is 241 g/mol. The number of fused-ring (bicyclic) bond motifs is 2. The Balaban J connectivity index is 2.49. The average Bonchev–Trinajstić information content (AvgIpc) is 2.91. The van der Waals surface area contributed by atoms with Crippen molar-refractivity contribution >= 4 is 28.3 Å². The molecule has 0 radical (unpaired) electrons. The maximum Gasteiger partial charge on any atom is 0.245 e. The second-order valence-electron chi connectivity index (χ2n) is 3.58. The summed E-state index contributed by atoms with van der Waals surface area (Å²) in [6.45, 7) is 4.06. The lowest BCUT2D eigenvalue weighted by Gasteiger charge is -2.01. The molecule has 0 unspecified atom stereocenters. The van der Waals surface area contributed by atoms with Crippen molar-refractivity contribution < 1.29 is 4.63 Å². The van der Waals surface area contributed by atoms with Gasteiger partial charge in [-0.2, -0.15) is 5.26 Å². The molecule has 0 atom stereocenters. The SMILES string of the molecule is C=CCn1c(N)c(C#N)c2nc3nonc3nc21. The Hall–Kier alpha value is -2.95. The number of hydrogen-bond donors (Lipinski definition) is 1. The topological polar surface area (TPSA) is 119 Å². The third kappa shape index (κ3) is 1.18. The molecule has 18 heavy (non-hydrogen) atoms. The second-order valence-corrected chi connectivity index (χ2v) is 3.58. The molecule has 8 heteroatoms. The number of allylic oxidation sites excluding steroid dienone is 1. The standard InChI is InChI=1S/C10H7N7O/c1-2-3-17-7(12)5(4-11)6-10(17)14-9-8(13-6)15-18-16-9/h2H,1,3,12H2. The minimum Gasteiger partial charge on any atom is -0.384 e. The molecule has 0 bridgehead atoms. The number of nitrogens with zero attached hydrogens (tertiary/aromatic N) is 6. The molecule has 3 rings (SSSR count). The predicted molar refractivity (Wildman–Crippen MR) is 62.2 cm³/mol. The Morgan fingerprint density at radius 2 is 2.11 bits per heavy atom. The number of hydrogen-bond acceptors (Lipinski definition) is 7. The highest BCUT2D eigenvalue weighted by Crippen LogP contribution is 2.26. The number of rotatable bonds is 2. The molecule has 3 aromatic rings. The van der Waals surface area contributed by atoms with Gasteiger partial charge in [0.1, 0.15) is 23.0 Å². The van der Waals surface area contributed by atoms with E-state index in [9.17, 15) is 0 Å². The van der Waals surface area contributed by atoms with Gasteiger partial charge >= 0.3 is 0 Å². The molecule has 0 aliphatic heterocycles. The Labute approximate surface area is 100 Å². The van der Waals surface area contributed by atoms with Crippen molar-refractivity contribution in [1.29, 1.82) is 5.26 Å². The van der Waals surface area contributed by atoms with Crippen LogP contribution in [0.15, 0.2) is 17.3 Å². The van der Waals surface area contributed by atoms with E-state index in [2.05, 4.69) is 31.5 Å². The zero-order valence-corrected chi connectivity index (χ0v) is 9.16. The molecule has 3 aromatic heterocycles. The summed E-state index contributed by atoms with van der Waals surface area (Å²) in [5, 5.41) is 16.3. The van der Waals surface area contributed by atoms with Crippen LogP contribution in [0.4, 0.5) is 5.82 Å². The van der Waals surface area contributed by atoms with Gasteiger partial charge < -0.3 is 10.3 Å². The molecule has 0 fully saturated rings. The molecule has 0 aliphatic carbocycles. The van der Waals surface area contributed by atoms with E-state index < -0.39 is 0 Å². The van der Waals surface area contributed by atoms with E-state index in [1.54, 1.807) is 10.6 Å². The van der Waals surface area contributed by atoms with Crippen LogP contribution < -0.4 is 5.73 Å². The number of anilines is 1. The zero-order chi connectivity index (χ0) is 12.7. The summed E-state index contributed by atoms with van der Waals surface area (Å²) < 4.78 is 6.18. The molecule has 8 nitrogen and oxygen atoms in total. The lowest BCUT2D eigenvalue weighted by molar-refractivity contribution is 0.314. The van der Waals surface area contributed by atoms with Gasteiger partial charge in [0, 0.05) is 6.54 Å². The van der Waals surface area contributed by atoms with Crippen LogP contribution >= 0.6 is 0 Å². The van der Waals surface area contributed by atoms with Gasteiger partial charge in [-0.3, -0.25) is 0 Å². The highest BCUT2D eigenvalue weighted by Gasteiger charge is 2.19. The Bertz CT molecular complexity index is 807. The van der Waals surface area contributed by atoms with Gasteiger partial charge in [0.15, 0.2) is 5.65 Å². The van der Waals surface area contributed by atoms with Gasteiger partial charge in [-0.1, -0.05) is 6.08 Å². The summed E-state index contributed by atoms with van der Waals surface area (Å²) in [6, 6.07) is 2.01. The van der Waals surface area contributed by atoms with Crippen molar-refractivity contribution in [3.05, 3.63) is 18.2 Å². The second kappa shape index (κ2) is 3.53. The van der Waals surface area contributed by atoms with Crippen molar-refractivity contribution in [2.45, 2.75) is 6.54 Å². The zero-order valence-electron chi connectivity index (χ0n) is 9.16. The van der Waals surface area contributed by atoms with Crippen LogP contribution in [0.2, 0.25) is 0 Å². The number of nitrogen functional groups attached to an aromatic ring is 1. The smallest absolute Gasteiger partial charge is 0.245 e. The van der Waals surface area contributed by atoms with Crippen LogP contribution in [0.1, 0.15) is 5.56 Å². The van der Waals surface area contributed by atoms with E-state index in [1.165, 1.54) is 0 Å². The van der Waals surface area contributed by atoms with Gasteiger partial charge in [-0.15, -0.1) is 6.58 Å². The van der Waals surface area contributed by atoms with E-state index in [4.69, 9.17) is 11.0 Å². The highest BCUT2D eigenvalue weighted by molar-refractivity contribution is 5.90. The molecule has 88 valence electrons. The minimum absolute atomic E-state index is 0.245. The van der Waals surface area contributed by atoms with Gasteiger partial charge in [-0.25, -0.2) is 14.6 Å². The first-order valence-corrected chi connectivity index (χ1v) is 5.05. The van der Waals surface area contributed by atoms with Crippen molar-refractivity contribution in [1.82, 2.24) is 24.8 Å². The Kier molecular flexibility index (Phi) is 2.00. The van der Waals surface area contributed by atoms with Crippen LogP contribution in [0, 0.1) is 11.3 Å². The van der Waals surface area contributed by atoms with Crippen molar-refractivity contribution in [2.24, 2.45) is 0 Å². The monoisotopic (exact) mass is 241 g/mol. The first kappa shape index (κ1) is 10.2. The maximum absolute atomic E-state index is 9.12. The molecule has 0 amide bonds. The normalized spacial score (nSPS) is 10.8. The van der Waals surface area contributed by atoms with Crippen molar-refractivity contribution in [3.8, 4) is 6.07 Å². The predicted octanol–water partition coefficient (Wildman–Crippen LogP) is 0.607. The highest BCUT2D eigenvalue weighted by atomic mass is 16.6.